The highest BCUT2D eigenvalue weighted by molar-refractivity contribution is 5.49. The SMILES string of the molecule is CC(NC1(C)CCC1)c1cc(=O)n2cccc(C(F)(F)F)c2n1. The van der Waals surface area contributed by atoms with E-state index < -0.39 is 17.3 Å². The lowest BCUT2D eigenvalue weighted by atomic mass is 9.78. The minimum absolute atomic E-state index is 0.0320. The summed E-state index contributed by atoms with van der Waals surface area (Å²) in [6.07, 6.45) is -0.103. The van der Waals surface area contributed by atoms with Crippen molar-refractivity contribution in [3.8, 4) is 0 Å². The topological polar surface area (TPSA) is 46.4 Å². The first kappa shape index (κ1) is 16.0. The molecule has 1 unspecified atom stereocenters. The minimum atomic E-state index is -4.55. The molecule has 1 N–H and O–H groups in total. The molecule has 0 bridgehead atoms. The van der Waals surface area contributed by atoms with Gasteiger partial charge in [-0.2, -0.15) is 13.2 Å². The fourth-order valence-electron chi connectivity index (χ4n) is 3.03. The van der Waals surface area contributed by atoms with Gasteiger partial charge in [-0.3, -0.25) is 9.20 Å². The highest BCUT2D eigenvalue weighted by Gasteiger charge is 2.35. The normalized spacial score (nSPS) is 18.7. The van der Waals surface area contributed by atoms with Crippen LogP contribution < -0.4 is 10.9 Å². The predicted octanol–water partition coefficient (Wildman–Crippen LogP) is 3.31. The van der Waals surface area contributed by atoms with Gasteiger partial charge in [-0.15, -0.1) is 0 Å². The molecule has 0 amide bonds. The van der Waals surface area contributed by atoms with Gasteiger partial charge in [0.25, 0.3) is 5.56 Å². The van der Waals surface area contributed by atoms with Crippen molar-refractivity contribution in [3.63, 3.8) is 0 Å². The summed E-state index contributed by atoms with van der Waals surface area (Å²) >= 11 is 0. The van der Waals surface area contributed by atoms with Crippen molar-refractivity contribution in [1.82, 2.24) is 14.7 Å². The molecule has 2 aromatic heterocycles. The van der Waals surface area contributed by atoms with E-state index in [1.165, 1.54) is 18.3 Å². The molecule has 7 heteroatoms. The van der Waals surface area contributed by atoms with Gasteiger partial charge in [-0.05, 0) is 45.2 Å². The molecule has 0 aliphatic heterocycles. The van der Waals surface area contributed by atoms with E-state index in [4.69, 9.17) is 0 Å². The fourth-order valence-corrected chi connectivity index (χ4v) is 3.03. The summed E-state index contributed by atoms with van der Waals surface area (Å²) < 4.78 is 40.4. The maximum atomic E-state index is 13.1. The third-order valence-electron chi connectivity index (χ3n) is 4.48. The van der Waals surface area contributed by atoms with E-state index in [-0.39, 0.29) is 17.2 Å². The lowest BCUT2D eigenvalue weighted by Crippen LogP contribution is -2.49. The van der Waals surface area contributed by atoms with Crippen LogP contribution in [0.1, 0.15) is 50.4 Å². The number of rotatable bonds is 3. The van der Waals surface area contributed by atoms with Crippen LogP contribution in [0.3, 0.4) is 0 Å². The number of hydrogen-bond donors (Lipinski definition) is 1. The molecule has 23 heavy (non-hydrogen) atoms. The zero-order valence-corrected chi connectivity index (χ0v) is 12.9. The summed E-state index contributed by atoms with van der Waals surface area (Å²) in [6.45, 7) is 3.89. The van der Waals surface area contributed by atoms with E-state index in [0.717, 1.165) is 29.7 Å². The van der Waals surface area contributed by atoms with Gasteiger partial charge >= 0.3 is 6.18 Å². The number of hydrogen-bond acceptors (Lipinski definition) is 3. The van der Waals surface area contributed by atoms with Gasteiger partial charge in [-0.25, -0.2) is 4.98 Å². The molecule has 1 aliphatic rings. The summed E-state index contributed by atoms with van der Waals surface area (Å²) in [5.41, 5.74) is -1.46. The largest absolute Gasteiger partial charge is 0.419 e. The maximum absolute atomic E-state index is 13.1. The van der Waals surface area contributed by atoms with Crippen molar-refractivity contribution < 1.29 is 13.2 Å². The highest BCUT2D eigenvalue weighted by atomic mass is 19.4. The smallest absolute Gasteiger partial charge is 0.304 e. The Balaban J connectivity index is 2.07. The molecule has 1 aliphatic carbocycles. The van der Waals surface area contributed by atoms with Crippen molar-refractivity contribution >= 4 is 5.65 Å². The monoisotopic (exact) mass is 325 g/mol. The Labute approximate surface area is 131 Å². The number of aromatic nitrogens is 2. The summed E-state index contributed by atoms with van der Waals surface area (Å²) in [6, 6.07) is 3.15. The van der Waals surface area contributed by atoms with Gasteiger partial charge in [0.15, 0.2) is 5.65 Å². The van der Waals surface area contributed by atoms with E-state index in [1.54, 1.807) is 0 Å². The number of alkyl halides is 3. The summed E-state index contributed by atoms with van der Waals surface area (Å²) in [5, 5.41) is 3.37. The average molecular weight is 325 g/mol. The summed E-state index contributed by atoms with van der Waals surface area (Å²) in [5.74, 6) is 0. The Morgan fingerprint density at radius 1 is 1.39 bits per heavy atom. The summed E-state index contributed by atoms with van der Waals surface area (Å²) in [7, 11) is 0. The Bertz CT molecular complexity index is 793. The maximum Gasteiger partial charge on any atom is 0.419 e. The Hall–Kier alpha value is -1.89. The zero-order valence-electron chi connectivity index (χ0n) is 12.9. The molecule has 4 nitrogen and oxygen atoms in total. The van der Waals surface area contributed by atoms with Crippen molar-refractivity contribution in [2.75, 3.05) is 0 Å². The van der Waals surface area contributed by atoms with Crippen LogP contribution in [-0.2, 0) is 6.18 Å². The van der Waals surface area contributed by atoms with Crippen molar-refractivity contribution in [3.05, 3.63) is 46.0 Å². The first-order chi connectivity index (χ1) is 10.7. The molecule has 0 spiro atoms. The molecule has 3 rings (SSSR count). The molecule has 1 saturated carbocycles. The lowest BCUT2D eigenvalue weighted by Gasteiger charge is -2.41. The molecular weight excluding hydrogens is 307 g/mol. The van der Waals surface area contributed by atoms with E-state index in [9.17, 15) is 18.0 Å². The number of nitrogens with one attached hydrogen (secondary N) is 1. The second-order valence-electron chi connectivity index (χ2n) is 6.41. The zero-order chi connectivity index (χ0) is 16.8. The Kier molecular flexibility index (Phi) is 3.71. The van der Waals surface area contributed by atoms with Crippen LogP contribution in [0, 0.1) is 0 Å². The molecular formula is C16H18F3N3O. The van der Waals surface area contributed by atoms with Crippen molar-refractivity contribution in [1.29, 1.82) is 0 Å². The quantitative estimate of drug-likeness (QED) is 0.942. The fraction of sp³-hybridized carbons (Fsp3) is 0.500. The molecule has 0 saturated heterocycles. The number of fused-ring (bicyclic) bond motifs is 1. The third-order valence-corrected chi connectivity index (χ3v) is 4.48. The van der Waals surface area contributed by atoms with Gasteiger partial charge < -0.3 is 5.32 Å². The van der Waals surface area contributed by atoms with Gasteiger partial charge in [0.05, 0.1) is 11.3 Å². The van der Waals surface area contributed by atoms with Crippen LogP contribution in [0.2, 0.25) is 0 Å². The number of halogens is 3. The highest BCUT2D eigenvalue weighted by Crippen LogP contribution is 2.34. The standard InChI is InChI=1S/C16H18F3N3O/c1-10(21-15(2)6-4-7-15)12-9-13(23)22-8-3-5-11(14(22)20-12)16(17,18)19/h3,5,8-10,21H,4,6-7H2,1-2H3. The Morgan fingerprint density at radius 3 is 2.65 bits per heavy atom. The van der Waals surface area contributed by atoms with Crippen LogP contribution in [0.5, 0.6) is 0 Å². The van der Waals surface area contributed by atoms with Gasteiger partial charge in [0.2, 0.25) is 0 Å². The first-order valence-corrected chi connectivity index (χ1v) is 7.57. The third kappa shape index (κ3) is 2.97. The van der Waals surface area contributed by atoms with E-state index in [0.29, 0.717) is 5.69 Å². The molecule has 1 atom stereocenters. The van der Waals surface area contributed by atoms with Crippen LogP contribution in [0.25, 0.3) is 5.65 Å². The van der Waals surface area contributed by atoms with Crippen molar-refractivity contribution in [2.45, 2.75) is 50.9 Å². The van der Waals surface area contributed by atoms with Crippen LogP contribution in [0.4, 0.5) is 13.2 Å². The molecule has 1 fully saturated rings. The average Bonchev–Trinajstić information content (AvgIpc) is 2.43. The molecule has 124 valence electrons. The summed E-state index contributed by atoms with van der Waals surface area (Å²) in [4.78, 5) is 16.3. The molecule has 2 aromatic rings. The van der Waals surface area contributed by atoms with Gasteiger partial charge in [0, 0.05) is 23.8 Å². The van der Waals surface area contributed by atoms with Crippen molar-refractivity contribution in [2.24, 2.45) is 0 Å². The van der Waals surface area contributed by atoms with E-state index in [1.807, 2.05) is 6.92 Å². The van der Waals surface area contributed by atoms with Crippen LogP contribution >= 0.6 is 0 Å². The van der Waals surface area contributed by atoms with E-state index >= 15 is 0 Å². The lowest BCUT2D eigenvalue weighted by molar-refractivity contribution is -0.136. The minimum Gasteiger partial charge on any atom is -0.304 e. The van der Waals surface area contributed by atoms with Crippen LogP contribution in [0.15, 0.2) is 29.2 Å². The van der Waals surface area contributed by atoms with Gasteiger partial charge in [0.1, 0.15) is 0 Å². The molecule has 0 radical (unpaired) electrons. The first-order valence-electron chi connectivity index (χ1n) is 7.57. The number of pyridine rings is 1. The van der Waals surface area contributed by atoms with Crippen LogP contribution in [-0.4, -0.2) is 14.9 Å². The van der Waals surface area contributed by atoms with E-state index in [2.05, 4.69) is 17.2 Å². The molecule has 0 aromatic carbocycles. The van der Waals surface area contributed by atoms with Gasteiger partial charge in [-0.1, -0.05) is 0 Å². The predicted molar refractivity (Wildman–Crippen MR) is 80.3 cm³/mol. The Morgan fingerprint density at radius 2 is 2.09 bits per heavy atom. The second kappa shape index (κ2) is 5.33. The second-order valence-corrected chi connectivity index (χ2v) is 6.41. The molecule has 2 heterocycles. The number of nitrogens with zero attached hydrogens (tertiary/aromatic N) is 2.